The first-order valence-electron chi connectivity index (χ1n) is 11.0. The topological polar surface area (TPSA) is 71.3 Å². The van der Waals surface area contributed by atoms with Crippen LogP contribution in [-0.2, 0) is 11.4 Å². The molecule has 4 aromatic carbocycles. The van der Waals surface area contributed by atoms with Gasteiger partial charge in [-0.2, -0.15) is 5.26 Å². The molecule has 1 N–H and O–H groups in total. The van der Waals surface area contributed by atoms with Crippen LogP contribution in [0.15, 0.2) is 84.4 Å². The number of nitriles is 1. The van der Waals surface area contributed by atoms with Crippen molar-refractivity contribution < 1.29 is 14.3 Å². The zero-order chi connectivity index (χ0) is 24.8. The molecule has 0 spiro atoms. The van der Waals surface area contributed by atoms with Crippen LogP contribution in [0.1, 0.15) is 16.7 Å². The van der Waals surface area contributed by atoms with Crippen molar-refractivity contribution in [1.29, 1.82) is 5.26 Å². The van der Waals surface area contributed by atoms with Crippen molar-refractivity contribution in [2.75, 3.05) is 12.4 Å². The highest BCUT2D eigenvalue weighted by Gasteiger charge is 2.13. The molecule has 0 atom stereocenters. The molecule has 0 heterocycles. The second-order valence-electron chi connectivity index (χ2n) is 7.91. The quantitative estimate of drug-likeness (QED) is 0.229. The number of amides is 1. The Kier molecular flexibility index (Phi) is 7.35. The fourth-order valence-corrected chi connectivity index (χ4v) is 3.91. The van der Waals surface area contributed by atoms with Gasteiger partial charge in [-0.25, -0.2) is 0 Å². The van der Waals surface area contributed by atoms with E-state index in [2.05, 4.69) is 29.6 Å². The molecule has 0 saturated heterocycles. The SMILES string of the molecule is COc1ccc(NC(=O)/C(C#N)=C/c2cc(Cl)ccc2OCc2c(C)ccc3ccccc23)cc1. The lowest BCUT2D eigenvalue weighted by molar-refractivity contribution is -0.112. The van der Waals surface area contributed by atoms with Gasteiger partial charge < -0.3 is 14.8 Å². The van der Waals surface area contributed by atoms with Crippen LogP contribution in [0.3, 0.4) is 0 Å². The summed E-state index contributed by atoms with van der Waals surface area (Å²) in [5, 5.41) is 15.1. The van der Waals surface area contributed by atoms with E-state index in [1.54, 1.807) is 49.6 Å². The van der Waals surface area contributed by atoms with E-state index in [1.165, 1.54) is 6.08 Å². The van der Waals surface area contributed by atoms with Crippen LogP contribution in [0.5, 0.6) is 11.5 Å². The number of anilines is 1. The van der Waals surface area contributed by atoms with Crippen LogP contribution < -0.4 is 14.8 Å². The summed E-state index contributed by atoms with van der Waals surface area (Å²) in [6.07, 6.45) is 1.48. The molecule has 0 radical (unpaired) electrons. The smallest absolute Gasteiger partial charge is 0.266 e. The standard InChI is InChI=1S/C29H23ClN2O3/c1-19-7-8-20-5-3-4-6-26(20)27(19)18-35-28-14-9-23(30)16-21(28)15-22(17-31)29(33)32-24-10-12-25(34-2)13-11-24/h3-16H,18H2,1-2H3,(H,32,33)/b22-15+. The highest BCUT2D eigenvalue weighted by atomic mass is 35.5. The molecule has 174 valence electrons. The Morgan fingerprint density at radius 1 is 1.06 bits per heavy atom. The first kappa shape index (κ1) is 23.9. The number of carbonyl (C=O) groups excluding carboxylic acids is 1. The van der Waals surface area contributed by atoms with Gasteiger partial charge in [-0.1, -0.05) is 48.0 Å². The monoisotopic (exact) mass is 482 g/mol. The Labute approximate surface area is 209 Å². The van der Waals surface area contributed by atoms with Gasteiger partial charge in [0.15, 0.2) is 0 Å². The van der Waals surface area contributed by atoms with Crippen molar-refractivity contribution in [2.24, 2.45) is 0 Å². The number of methoxy groups -OCH3 is 1. The van der Waals surface area contributed by atoms with E-state index in [0.29, 0.717) is 34.4 Å². The Morgan fingerprint density at radius 3 is 2.57 bits per heavy atom. The van der Waals surface area contributed by atoms with E-state index >= 15 is 0 Å². The summed E-state index contributed by atoms with van der Waals surface area (Å²) in [5.41, 5.74) is 3.20. The minimum atomic E-state index is -0.534. The molecular weight excluding hydrogens is 460 g/mol. The number of halogens is 1. The highest BCUT2D eigenvalue weighted by molar-refractivity contribution is 6.30. The van der Waals surface area contributed by atoms with Crippen LogP contribution in [-0.4, -0.2) is 13.0 Å². The predicted molar refractivity (Wildman–Crippen MR) is 140 cm³/mol. The average molecular weight is 483 g/mol. The van der Waals surface area contributed by atoms with E-state index in [9.17, 15) is 10.1 Å². The molecule has 0 unspecified atom stereocenters. The number of nitrogens with one attached hydrogen (secondary N) is 1. The molecule has 6 heteroatoms. The lowest BCUT2D eigenvalue weighted by atomic mass is 10.0. The molecule has 35 heavy (non-hydrogen) atoms. The number of fused-ring (bicyclic) bond motifs is 1. The number of hydrogen-bond donors (Lipinski definition) is 1. The van der Waals surface area contributed by atoms with Gasteiger partial charge in [-0.3, -0.25) is 4.79 Å². The fraction of sp³-hybridized carbons (Fsp3) is 0.103. The Balaban J connectivity index is 1.59. The predicted octanol–water partition coefficient (Wildman–Crippen LogP) is 6.93. The van der Waals surface area contributed by atoms with Gasteiger partial charge in [0.2, 0.25) is 0 Å². The van der Waals surface area contributed by atoms with Gasteiger partial charge in [0.25, 0.3) is 5.91 Å². The van der Waals surface area contributed by atoms with E-state index in [1.807, 2.05) is 25.1 Å². The molecule has 0 aliphatic rings. The first-order valence-corrected chi connectivity index (χ1v) is 11.3. The molecule has 0 aliphatic heterocycles. The van der Waals surface area contributed by atoms with Crippen LogP contribution in [0.2, 0.25) is 5.02 Å². The van der Waals surface area contributed by atoms with E-state index in [4.69, 9.17) is 21.1 Å². The van der Waals surface area contributed by atoms with Crippen molar-refractivity contribution in [3.8, 4) is 17.6 Å². The fourth-order valence-electron chi connectivity index (χ4n) is 3.73. The van der Waals surface area contributed by atoms with Crippen LogP contribution in [0, 0.1) is 18.3 Å². The summed E-state index contributed by atoms with van der Waals surface area (Å²) in [6.45, 7) is 2.38. The second kappa shape index (κ2) is 10.8. The molecular formula is C29H23ClN2O3. The minimum absolute atomic E-state index is 0.0747. The third-order valence-electron chi connectivity index (χ3n) is 5.63. The summed E-state index contributed by atoms with van der Waals surface area (Å²) in [5.74, 6) is 0.654. The van der Waals surface area contributed by atoms with Gasteiger partial charge in [-0.05, 0) is 71.8 Å². The number of carbonyl (C=O) groups is 1. The molecule has 0 bridgehead atoms. The third kappa shape index (κ3) is 5.63. The van der Waals surface area contributed by atoms with Gasteiger partial charge in [0.05, 0.1) is 7.11 Å². The number of hydrogen-bond acceptors (Lipinski definition) is 4. The van der Waals surface area contributed by atoms with Crippen LogP contribution in [0.4, 0.5) is 5.69 Å². The Bertz CT molecular complexity index is 1450. The highest BCUT2D eigenvalue weighted by Crippen LogP contribution is 2.29. The summed E-state index contributed by atoms with van der Waals surface area (Å²) in [7, 11) is 1.57. The number of rotatable bonds is 7. The van der Waals surface area contributed by atoms with E-state index in [-0.39, 0.29) is 5.57 Å². The summed E-state index contributed by atoms with van der Waals surface area (Å²) in [6, 6.07) is 26.3. The number of benzene rings is 4. The minimum Gasteiger partial charge on any atom is -0.497 e. The van der Waals surface area contributed by atoms with Crippen molar-refractivity contribution in [3.63, 3.8) is 0 Å². The maximum atomic E-state index is 12.8. The van der Waals surface area contributed by atoms with Crippen LogP contribution >= 0.6 is 11.6 Å². The Morgan fingerprint density at radius 2 is 1.83 bits per heavy atom. The molecule has 5 nitrogen and oxygen atoms in total. The first-order chi connectivity index (χ1) is 17.0. The lowest BCUT2D eigenvalue weighted by Gasteiger charge is -2.14. The summed E-state index contributed by atoms with van der Waals surface area (Å²) in [4.78, 5) is 12.8. The largest absolute Gasteiger partial charge is 0.497 e. The van der Waals surface area contributed by atoms with Gasteiger partial charge in [-0.15, -0.1) is 0 Å². The molecule has 0 fully saturated rings. The number of nitrogens with zero attached hydrogens (tertiary/aromatic N) is 1. The third-order valence-corrected chi connectivity index (χ3v) is 5.87. The normalized spacial score (nSPS) is 11.1. The van der Waals surface area contributed by atoms with Gasteiger partial charge >= 0.3 is 0 Å². The second-order valence-corrected chi connectivity index (χ2v) is 8.34. The van der Waals surface area contributed by atoms with Crippen molar-refractivity contribution in [1.82, 2.24) is 0 Å². The molecule has 0 saturated carbocycles. The Hall–Kier alpha value is -4.27. The summed E-state index contributed by atoms with van der Waals surface area (Å²) >= 11 is 6.22. The van der Waals surface area contributed by atoms with Crippen LogP contribution in [0.25, 0.3) is 16.8 Å². The van der Waals surface area contributed by atoms with E-state index < -0.39 is 5.91 Å². The van der Waals surface area contributed by atoms with Crippen molar-refractivity contribution in [3.05, 3.63) is 106 Å². The zero-order valence-corrected chi connectivity index (χ0v) is 20.1. The molecule has 0 aromatic heterocycles. The molecule has 0 aliphatic carbocycles. The maximum absolute atomic E-state index is 12.8. The number of ether oxygens (including phenoxy) is 2. The average Bonchev–Trinajstić information content (AvgIpc) is 2.88. The zero-order valence-electron chi connectivity index (χ0n) is 19.3. The van der Waals surface area contributed by atoms with Gasteiger partial charge in [0, 0.05) is 21.8 Å². The lowest BCUT2D eigenvalue weighted by Crippen LogP contribution is -2.13. The maximum Gasteiger partial charge on any atom is 0.266 e. The number of aryl methyl sites for hydroxylation is 1. The van der Waals surface area contributed by atoms with E-state index in [0.717, 1.165) is 21.9 Å². The van der Waals surface area contributed by atoms with Crippen molar-refractivity contribution >= 4 is 40.0 Å². The summed E-state index contributed by atoms with van der Waals surface area (Å²) < 4.78 is 11.3. The van der Waals surface area contributed by atoms with Gasteiger partial charge in [0.1, 0.15) is 29.7 Å². The molecule has 4 rings (SSSR count). The van der Waals surface area contributed by atoms with Crippen molar-refractivity contribution in [2.45, 2.75) is 13.5 Å². The molecule has 4 aromatic rings. The molecule has 1 amide bonds.